The maximum Gasteiger partial charge on any atom is 0.245 e. The maximum atomic E-state index is 12.7. The standard InChI is InChI=1S/C24H31N3O4S/c1-24(2,3)22(27-23(32)25-17-10-8-7-9-11-17)26-20(28)13-12-16-14-18(29-4)21(31-6)19(15-16)30-5/h7-15,22H,1-6H3,(H,26,28)(H2,25,27,32)/b13-12+. The number of carbonyl (C=O) groups is 1. The SMILES string of the molecule is COc1cc(/C=C/C(=O)NC(NC(=S)Nc2ccccc2)C(C)(C)C)cc(OC)c1OC. The molecule has 0 aliphatic heterocycles. The van der Waals surface area contributed by atoms with Gasteiger partial charge in [-0.05, 0) is 48.1 Å². The first kappa shape index (κ1) is 25.0. The summed E-state index contributed by atoms with van der Waals surface area (Å²) in [5, 5.41) is 9.70. The number of methoxy groups -OCH3 is 3. The molecule has 1 atom stereocenters. The number of hydrogen-bond donors (Lipinski definition) is 3. The molecule has 2 aromatic carbocycles. The van der Waals surface area contributed by atoms with E-state index in [2.05, 4.69) is 16.0 Å². The summed E-state index contributed by atoms with van der Waals surface area (Å²) in [6.07, 6.45) is 2.73. The van der Waals surface area contributed by atoms with Crippen LogP contribution in [0.4, 0.5) is 5.69 Å². The van der Waals surface area contributed by atoms with E-state index in [-0.39, 0.29) is 11.3 Å². The lowest BCUT2D eigenvalue weighted by molar-refractivity contribution is -0.118. The molecule has 8 heteroatoms. The number of rotatable bonds is 8. The third-order valence-corrected chi connectivity index (χ3v) is 4.79. The lowest BCUT2D eigenvalue weighted by Crippen LogP contribution is -2.55. The number of para-hydroxylation sites is 1. The lowest BCUT2D eigenvalue weighted by Gasteiger charge is -2.32. The van der Waals surface area contributed by atoms with Crippen LogP contribution in [0, 0.1) is 5.41 Å². The fourth-order valence-corrected chi connectivity index (χ4v) is 3.08. The predicted molar refractivity (Wildman–Crippen MR) is 132 cm³/mol. The number of carbonyl (C=O) groups excluding carboxylic acids is 1. The smallest absolute Gasteiger partial charge is 0.245 e. The number of thiocarbonyl (C=S) groups is 1. The van der Waals surface area contributed by atoms with Crippen molar-refractivity contribution in [2.24, 2.45) is 5.41 Å². The number of ether oxygens (including phenoxy) is 3. The summed E-state index contributed by atoms with van der Waals surface area (Å²) in [4.78, 5) is 12.7. The van der Waals surface area contributed by atoms with Gasteiger partial charge in [0.05, 0.1) is 21.3 Å². The van der Waals surface area contributed by atoms with Gasteiger partial charge in [0.25, 0.3) is 0 Å². The van der Waals surface area contributed by atoms with Crippen molar-refractivity contribution in [3.05, 3.63) is 54.1 Å². The molecule has 32 heavy (non-hydrogen) atoms. The summed E-state index contributed by atoms with van der Waals surface area (Å²) in [5.41, 5.74) is 1.31. The first-order valence-corrected chi connectivity index (χ1v) is 10.5. The van der Waals surface area contributed by atoms with Gasteiger partial charge in [-0.3, -0.25) is 4.79 Å². The second-order valence-electron chi connectivity index (χ2n) is 8.06. The highest BCUT2D eigenvalue weighted by Crippen LogP contribution is 2.38. The molecule has 0 radical (unpaired) electrons. The van der Waals surface area contributed by atoms with Crippen LogP contribution in [-0.4, -0.2) is 38.5 Å². The zero-order valence-electron chi connectivity index (χ0n) is 19.3. The van der Waals surface area contributed by atoms with Crippen LogP contribution in [0.25, 0.3) is 6.08 Å². The van der Waals surface area contributed by atoms with Gasteiger partial charge in [-0.15, -0.1) is 0 Å². The Labute approximate surface area is 195 Å². The van der Waals surface area contributed by atoms with E-state index in [1.165, 1.54) is 6.08 Å². The van der Waals surface area contributed by atoms with E-state index >= 15 is 0 Å². The molecule has 0 aliphatic carbocycles. The van der Waals surface area contributed by atoms with Crippen LogP contribution in [0.2, 0.25) is 0 Å². The Bertz CT molecular complexity index is 930. The highest BCUT2D eigenvalue weighted by molar-refractivity contribution is 7.80. The average Bonchev–Trinajstić information content (AvgIpc) is 2.76. The highest BCUT2D eigenvalue weighted by atomic mass is 32.1. The second-order valence-corrected chi connectivity index (χ2v) is 8.47. The average molecular weight is 458 g/mol. The van der Waals surface area contributed by atoms with Crippen molar-refractivity contribution >= 4 is 35.0 Å². The highest BCUT2D eigenvalue weighted by Gasteiger charge is 2.26. The second kappa shape index (κ2) is 11.4. The summed E-state index contributed by atoms with van der Waals surface area (Å²) in [7, 11) is 4.63. The Morgan fingerprint density at radius 2 is 1.56 bits per heavy atom. The summed E-state index contributed by atoms with van der Waals surface area (Å²) in [5.74, 6) is 1.25. The van der Waals surface area contributed by atoms with Crippen LogP contribution in [0.1, 0.15) is 26.3 Å². The van der Waals surface area contributed by atoms with Gasteiger partial charge < -0.3 is 30.2 Å². The minimum atomic E-state index is -0.400. The summed E-state index contributed by atoms with van der Waals surface area (Å²) in [6, 6.07) is 13.1. The molecule has 0 heterocycles. The molecule has 2 rings (SSSR count). The Balaban J connectivity index is 2.10. The van der Waals surface area contributed by atoms with Gasteiger partial charge >= 0.3 is 0 Å². The van der Waals surface area contributed by atoms with Gasteiger partial charge in [0.15, 0.2) is 16.6 Å². The minimum Gasteiger partial charge on any atom is -0.493 e. The molecular weight excluding hydrogens is 426 g/mol. The lowest BCUT2D eigenvalue weighted by atomic mass is 9.92. The quantitative estimate of drug-likeness (QED) is 0.311. The zero-order chi connectivity index (χ0) is 23.7. The normalized spacial score (nSPS) is 12.1. The van der Waals surface area contributed by atoms with Crippen molar-refractivity contribution in [1.82, 2.24) is 10.6 Å². The number of benzene rings is 2. The third-order valence-electron chi connectivity index (χ3n) is 4.57. The molecule has 0 saturated carbocycles. The third kappa shape index (κ3) is 7.16. The zero-order valence-corrected chi connectivity index (χ0v) is 20.1. The van der Waals surface area contributed by atoms with Gasteiger partial charge in [0, 0.05) is 17.2 Å². The van der Waals surface area contributed by atoms with Gasteiger partial charge in [0.1, 0.15) is 6.17 Å². The number of hydrogen-bond acceptors (Lipinski definition) is 5. The van der Waals surface area contributed by atoms with E-state index in [9.17, 15) is 4.79 Å². The van der Waals surface area contributed by atoms with E-state index in [0.29, 0.717) is 22.4 Å². The molecule has 0 aromatic heterocycles. The fourth-order valence-electron chi connectivity index (χ4n) is 2.85. The molecular formula is C24H31N3O4S. The van der Waals surface area contributed by atoms with E-state index < -0.39 is 6.17 Å². The molecule has 0 aliphatic rings. The van der Waals surface area contributed by atoms with Crippen LogP contribution < -0.4 is 30.2 Å². The van der Waals surface area contributed by atoms with Crippen molar-refractivity contribution in [2.75, 3.05) is 26.6 Å². The van der Waals surface area contributed by atoms with Gasteiger partial charge in [-0.1, -0.05) is 39.0 Å². The van der Waals surface area contributed by atoms with Gasteiger partial charge in [-0.2, -0.15) is 0 Å². The predicted octanol–water partition coefficient (Wildman–Crippen LogP) is 4.20. The van der Waals surface area contributed by atoms with Gasteiger partial charge in [-0.25, -0.2) is 0 Å². The Morgan fingerprint density at radius 3 is 2.06 bits per heavy atom. The summed E-state index contributed by atoms with van der Waals surface area (Å²) in [6.45, 7) is 6.04. The van der Waals surface area contributed by atoms with Crippen molar-refractivity contribution in [1.29, 1.82) is 0 Å². The van der Waals surface area contributed by atoms with Crippen LogP contribution in [0.3, 0.4) is 0 Å². The van der Waals surface area contributed by atoms with E-state index in [4.69, 9.17) is 26.4 Å². The Morgan fingerprint density at radius 1 is 0.969 bits per heavy atom. The molecule has 7 nitrogen and oxygen atoms in total. The monoisotopic (exact) mass is 457 g/mol. The largest absolute Gasteiger partial charge is 0.493 e. The first-order valence-electron chi connectivity index (χ1n) is 10.1. The fraction of sp³-hybridized carbons (Fsp3) is 0.333. The van der Waals surface area contributed by atoms with E-state index in [1.807, 2.05) is 51.1 Å². The van der Waals surface area contributed by atoms with Crippen molar-refractivity contribution < 1.29 is 19.0 Å². The summed E-state index contributed by atoms with van der Waals surface area (Å²) < 4.78 is 16.0. The topological polar surface area (TPSA) is 80.9 Å². The Kier molecular flexibility index (Phi) is 8.90. The van der Waals surface area contributed by atoms with Crippen molar-refractivity contribution in [3.8, 4) is 17.2 Å². The van der Waals surface area contributed by atoms with E-state index in [1.54, 1.807) is 39.5 Å². The van der Waals surface area contributed by atoms with Crippen molar-refractivity contribution in [3.63, 3.8) is 0 Å². The molecule has 0 fully saturated rings. The summed E-state index contributed by atoms with van der Waals surface area (Å²) >= 11 is 5.42. The molecule has 1 amide bonds. The number of nitrogens with one attached hydrogen (secondary N) is 3. The first-order chi connectivity index (χ1) is 15.2. The molecule has 0 saturated heterocycles. The molecule has 172 valence electrons. The van der Waals surface area contributed by atoms with Crippen LogP contribution in [0.5, 0.6) is 17.2 Å². The van der Waals surface area contributed by atoms with Crippen LogP contribution in [0.15, 0.2) is 48.5 Å². The number of amides is 1. The van der Waals surface area contributed by atoms with Crippen molar-refractivity contribution in [2.45, 2.75) is 26.9 Å². The van der Waals surface area contributed by atoms with Crippen LogP contribution in [-0.2, 0) is 4.79 Å². The molecule has 3 N–H and O–H groups in total. The molecule has 1 unspecified atom stereocenters. The minimum absolute atomic E-state index is 0.270. The maximum absolute atomic E-state index is 12.7. The van der Waals surface area contributed by atoms with Gasteiger partial charge in [0.2, 0.25) is 11.7 Å². The Hall–Kier alpha value is -3.26. The van der Waals surface area contributed by atoms with E-state index in [0.717, 1.165) is 11.3 Å². The van der Waals surface area contributed by atoms with Crippen LogP contribution >= 0.6 is 12.2 Å². The molecule has 2 aromatic rings. The molecule has 0 spiro atoms. The number of anilines is 1. The molecule has 0 bridgehead atoms.